The van der Waals surface area contributed by atoms with E-state index in [0.717, 1.165) is 12.8 Å². The summed E-state index contributed by atoms with van der Waals surface area (Å²) in [7, 11) is 0. The molecule has 158 valence electrons. The zero-order valence-electron chi connectivity index (χ0n) is 17.2. The number of allylic oxidation sites excluding steroid dienone is 4. The number of hydrogen-bond acceptors (Lipinski definition) is 5. The van der Waals surface area contributed by atoms with Crippen LogP contribution in [-0.2, 0) is 19.9 Å². The lowest BCUT2D eigenvalue weighted by atomic mass is 9.82. The van der Waals surface area contributed by atoms with Crippen LogP contribution in [0.3, 0.4) is 0 Å². The highest BCUT2D eigenvalue weighted by Crippen LogP contribution is 2.48. The molecule has 0 spiro atoms. The van der Waals surface area contributed by atoms with E-state index in [9.17, 15) is 4.79 Å². The van der Waals surface area contributed by atoms with Gasteiger partial charge < -0.3 is 14.8 Å². The van der Waals surface area contributed by atoms with Gasteiger partial charge in [0.2, 0.25) is 0 Å². The van der Waals surface area contributed by atoms with Gasteiger partial charge in [0.25, 0.3) is 11.6 Å². The van der Waals surface area contributed by atoms with Crippen LogP contribution in [0.5, 0.6) is 0 Å². The van der Waals surface area contributed by atoms with Gasteiger partial charge in [0.05, 0.1) is 13.2 Å². The average Bonchev–Trinajstić information content (AvgIpc) is 3.48. The lowest BCUT2D eigenvalue weighted by molar-refractivity contribution is -0.161. The molecule has 1 aliphatic heterocycles. The second-order valence-corrected chi connectivity index (χ2v) is 8.98. The number of carbonyl (C=O) groups is 1. The van der Waals surface area contributed by atoms with Crippen LogP contribution in [0.1, 0.15) is 51.0 Å². The molecule has 3 unspecified atom stereocenters. The van der Waals surface area contributed by atoms with Gasteiger partial charge in [-0.15, -0.1) is 0 Å². The number of esters is 1. The third kappa shape index (κ3) is 3.24. The zero-order chi connectivity index (χ0) is 20.7. The molecule has 30 heavy (non-hydrogen) atoms. The average molecular weight is 427 g/mol. The molecule has 4 aliphatic rings. The third-order valence-electron chi connectivity index (χ3n) is 6.81. The largest absolute Gasteiger partial charge is 0.463 e. The highest BCUT2D eigenvalue weighted by Gasteiger charge is 2.49. The van der Waals surface area contributed by atoms with Crippen LogP contribution in [0.4, 0.5) is 0 Å². The Bertz CT molecular complexity index is 950. The second-order valence-electron chi connectivity index (χ2n) is 8.54. The molecule has 0 radical (unpaired) electrons. The van der Waals surface area contributed by atoms with E-state index in [-0.39, 0.29) is 13.2 Å². The quantitative estimate of drug-likeness (QED) is 0.698. The first-order valence-corrected chi connectivity index (χ1v) is 11.4. The zero-order valence-corrected chi connectivity index (χ0v) is 18.0. The van der Waals surface area contributed by atoms with Gasteiger partial charge in [-0.25, -0.2) is 9.79 Å². The van der Waals surface area contributed by atoms with Gasteiger partial charge in [0, 0.05) is 22.2 Å². The number of halogens is 1. The molecule has 0 saturated heterocycles. The number of nitrogens with zero attached hydrogens (tertiary/aromatic N) is 1. The highest BCUT2D eigenvalue weighted by molar-refractivity contribution is 6.30. The number of carbonyl (C=O) groups excluding carboxylic acids is 1. The summed E-state index contributed by atoms with van der Waals surface area (Å²) in [4.78, 5) is 17.6. The summed E-state index contributed by atoms with van der Waals surface area (Å²) < 4.78 is 11.6. The molecule has 5 rings (SSSR count). The lowest BCUT2D eigenvalue weighted by Crippen LogP contribution is -2.43. The monoisotopic (exact) mass is 426 g/mol. The summed E-state index contributed by atoms with van der Waals surface area (Å²) in [6.07, 6.45) is 9.67. The summed E-state index contributed by atoms with van der Waals surface area (Å²) in [6.45, 7) is 2.27. The maximum Gasteiger partial charge on any atom is 0.357 e. The van der Waals surface area contributed by atoms with Crippen molar-refractivity contribution in [2.75, 3.05) is 13.2 Å². The van der Waals surface area contributed by atoms with Crippen LogP contribution in [0.25, 0.3) is 0 Å². The molecule has 0 aromatic heterocycles. The Morgan fingerprint density at radius 3 is 2.90 bits per heavy atom. The van der Waals surface area contributed by atoms with Gasteiger partial charge in [-0.3, -0.25) is 0 Å². The molecule has 3 atom stereocenters. The fourth-order valence-corrected chi connectivity index (χ4v) is 5.52. The van der Waals surface area contributed by atoms with E-state index in [1.807, 2.05) is 12.1 Å². The predicted molar refractivity (Wildman–Crippen MR) is 116 cm³/mol. The first-order chi connectivity index (χ1) is 14.6. The van der Waals surface area contributed by atoms with Crippen molar-refractivity contribution in [1.82, 2.24) is 5.32 Å². The maximum absolute atomic E-state index is 13.0. The Hall–Kier alpha value is -2.27. The molecular weight excluding hydrogens is 400 g/mol. The van der Waals surface area contributed by atoms with Crippen molar-refractivity contribution in [1.29, 1.82) is 0 Å². The normalized spacial score (nSPS) is 29.7. The van der Waals surface area contributed by atoms with Gasteiger partial charge in [0.15, 0.2) is 0 Å². The third-order valence-corrected chi connectivity index (χ3v) is 7.07. The molecule has 0 bridgehead atoms. The van der Waals surface area contributed by atoms with E-state index >= 15 is 0 Å². The Kier molecular flexibility index (Phi) is 5.10. The van der Waals surface area contributed by atoms with Gasteiger partial charge in [-0.2, -0.15) is 0 Å². The van der Waals surface area contributed by atoms with Crippen molar-refractivity contribution < 1.29 is 14.3 Å². The van der Waals surface area contributed by atoms with Crippen molar-refractivity contribution in [3.8, 4) is 0 Å². The van der Waals surface area contributed by atoms with Crippen LogP contribution in [0.2, 0.25) is 5.02 Å². The van der Waals surface area contributed by atoms with E-state index in [1.54, 1.807) is 19.1 Å². The van der Waals surface area contributed by atoms with Crippen molar-refractivity contribution in [3.63, 3.8) is 0 Å². The van der Waals surface area contributed by atoms with E-state index in [1.165, 1.54) is 42.5 Å². The number of amidine groups is 1. The Morgan fingerprint density at radius 1 is 1.27 bits per heavy atom. The fourth-order valence-electron chi connectivity index (χ4n) is 5.39. The molecule has 0 amide bonds. The Labute approximate surface area is 182 Å². The number of fused-ring (bicyclic) bond motifs is 2. The molecule has 1 heterocycles. The summed E-state index contributed by atoms with van der Waals surface area (Å²) in [5.74, 6) is 0.688. The second kappa shape index (κ2) is 7.77. The Balaban J connectivity index is 1.43. The SMILES string of the molecule is CCOC(=O)C1(c2ccc(Cl)cc2)CN=C(NC2=C3CCCC3=CC3CCCC23)O1. The summed E-state index contributed by atoms with van der Waals surface area (Å²) in [5, 5.41) is 4.13. The van der Waals surface area contributed by atoms with E-state index in [4.69, 9.17) is 21.1 Å². The van der Waals surface area contributed by atoms with Crippen LogP contribution in [0, 0.1) is 11.8 Å². The molecular formula is C24H27ClN2O3. The number of aliphatic imine (C=N–C) groups is 1. The topological polar surface area (TPSA) is 59.9 Å². The van der Waals surface area contributed by atoms with Crippen LogP contribution in [0.15, 0.2) is 52.2 Å². The van der Waals surface area contributed by atoms with Gasteiger partial charge in [0.1, 0.15) is 0 Å². The molecule has 3 aliphatic carbocycles. The van der Waals surface area contributed by atoms with E-state index in [0.29, 0.717) is 28.4 Å². The minimum absolute atomic E-state index is 0.190. The standard InChI is InChI=1S/C24H27ClN2O3/c1-2-29-22(28)24(17-9-11-18(25)12-10-17)14-26-23(30-24)27-21-19-7-3-5-15(19)13-16-6-4-8-20(16)21/h9-13,15,19H,2-8,14H2,1H3,(H,26,27). The van der Waals surface area contributed by atoms with Gasteiger partial charge in [-0.05, 0) is 68.2 Å². The van der Waals surface area contributed by atoms with Crippen molar-refractivity contribution in [3.05, 3.63) is 57.8 Å². The van der Waals surface area contributed by atoms with Gasteiger partial charge >= 0.3 is 5.97 Å². The van der Waals surface area contributed by atoms with Crippen LogP contribution in [-0.4, -0.2) is 25.1 Å². The summed E-state index contributed by atoms with van der Waals surface area (Å²) in [5.41, 5.74) is 3.62. The van der Waals surface area contributed by atoms with E-state index in [2.05, 4.69) is 16.4 Å². The number of ether oxygens (including phenoxy) is 2. The molecule has 6 heteroatoms. The molecule has 1 aromatic carbocycles. The molecule has 1 N–H and O–H groups in total. The number of benzene rings is 1. The first-order valence-electron chi connectivity index (χ1n) is 11.0. The first kappa shape index (κ1) is 19.7. The van der Waals surface area contributed by atoms with Crippen LogP contribution >= 0.6 is 11.6 Å². The van der Waals surface area contributed by atoms with Crippen molar-refractivity contribution >= 4 is 23.6 Å². The summed E-state index contributed by atoms with van der Waals surface area (Å²) in [6, 6.07) is 7.56. The fraction of sp³-hybridized carbons (Fsp3) is 0.500. The highest BCUT2D eigenvalue weighted by atomic mass is 35.5. The lowest BCUT2D eigenvalue weighted by Gasteiger charge is -2.30. The molecule has 1 aromatic rings. The molecule has 2 saturated carbocycles. The minimum Gasteiger partial charge on any atom is -0.463 e. The molecule has 2 fully saturated rings. The summed E-state index contributed by atoms with van der Waals surface area (Å²) >= 11 is 6.06. The molecule has 5 nitrogen and oxygen atoms in total. The minimum atomic E-state index is -1.27. The number of nitrogens with one attached hydrogen (secondary N) is 1. The maximum atomic E-state index is 13.0. The van der Waals surface area contributed by atoms with Crippen LogP contribution < -0.4 is 5.32 Å². The number of rotatable bonds is 4. The van der Waals surface area contributed by atoms with Gasteiger partial charge in [-0.1, -0.05) is 36.2 Å². The number of hydrogen-bond donors (Lipinski definition) is 1. The predicted octanol–water partition coefficient (Wildman–Crippen LogP) is 4.87. The van der Waals surface area contributed by atoms with E-state index < -0.39 is 11.6 Å². The smallest absolute Gasteiger partial charge is 0.357 e. The van der Waals surface area contributed by atoms with Crippen molar-refractivity contribution in [2.45, 2.75) is 51.0 Å². The van der Waals surface area contributed by atoms with Crippen molar-refractivity contribution in [2.24, 2.45) is 16.8 Å². The Morgan fingerprint density at radius 2 is 2.10 bits per heavy atom.